The summed E-state index contributed by atoms with van der Waals surface area (Å²) >= 11 is 0. The standard InChI is InChI=1S/C20H22N2O3/c1-25-18-9-5-4-7-16(18)10-12-21-19(23)20(24)22-13-11-15-6-2-3-8-17(15)14-22/h2-9H,10-14H2,1H3,(H,21,23). The van der Waals surface area contributed by atoms with E-state index >= 15 is 0 Å². The maximum Gasteiger partial charge on any atom is 0.312 e. The number of benzene rings is 2. The van der Waals surface area contributed by atoms with Gasteiger partial charge in [0.25, 0.3) is 0 Å². The molecule has 1 aliphatic rings. The first-order valence-electron chi connectivity index (χ1n) is 8.45. The summed E-state index contributed by atoms with van der Waals surface area (Å²) in [6.45, 7) is 1.47. The molecule has 1 aliphatic heterocycles. The number of carbonyl (C=O) groups is 2. The molecule has 0 saturated heterocycles. The average molecular weight is 338 g/mol. The number of fused-ring (bicyclic) bond motifs is 1. The second-order valence-corrected chi connectivity index (χ2v) is 6.06. The Labute approximate surface area is 147 Å². The van der Waals surface area contributed by atoms with Crippen LogP contribution >= 0.6 is 0 Å². The van der Waals surface area contributed by atoms with Gasteiger partial charge in [0.1, 0.15) is 5.75 Å². The van der Waals surface area contributed by atoms with E-state index in [1.54, 1.807) is 12.0 Å². The van der Waals surface area contributed by atoms with Gasteiger partial charge in [0.05, 0.1) is 7.11 Å². The molecule has 3 rings (SSSR count). The maximum atomic E-state index is 12.4. The summed E-state index contributed by atoms with van der Waals surface area (Å²) in [7, 11) is 1.62. The van der Waals surface area contributed by atoms with Crippen LogP contribution < -0.4 is 10.1 Å². The fourth-order valence-corrected chi connectivity index (χ4v) is 3.11. The van der Waals surface area contributed by atoms with E-state index in [9.17, 15) is 9.59 Å². The number of nitrogens with zero attached hydrogens (tertiary/aromatic N) is 1. The lowest BCUT2D eigenvalue weighted by Crippen LogP contribution is -2.45. The minimum atomic E-state index is -0.547. The van der Waals surface area contributed by atoms with Crippen LogP contribution in [0.4, 0.5) is 0 Å². The third kappa shape index (κ3) is 3.99. The van der Waals surface area contributed by atoms with Crippen molar-refractivity contribution < 1.29 is 14.3 Å². The molecule has 0 radical (unpaired) electrons. The fourth-order valence-electron chi connectivity index (χ4n) is 3.11. The first kappa shape index (κ1) is 17.0. The van der Waals surface area contributed by atoms with Crippen LogP contribution in [0.25, 0.3) is 0 Å². The Morgan fingerprint density at radius 3 is 2.60 bits per heavy atom. The van der Waals surface area contributed by atoms with E-state index in [0.29, 0.717) is 26.1 Å². The highest BCUT2D eigenvalue weighted by atomic mass is 16.5. The van der Waals surface area contributed by atoms with Gasteiger partial charge in [0, 0.05) is 19.6 Å². The number of para-hydroxylation sites is 1. The predicted octanol–water partition coefficient (Wildman–Crippen LogP) is 1.94. The second kappa shape index (κ2) is 7.83. The van der Waals surface area contributed by atoms with E-state index < -0.39 is 11.8 Å². The van der Waals surface area contributed by atoms with Crippen molar-refractivity contribution in [3.63, 3.8) is 0 Å². The largest absolute Gasteiger partial charge is 0.496 e. The van der Waals surface area contributed by atoms with Crippen LogP contribution in [-0.2, 0) is 29.0 Å². The van der Waals surface area contributed by atoms with Crippen molar-refractivity contribution in [1.29, 1.82) is 0 Å². The molecule has 2 aromatic carbocycles. The Morgan fingerprint density at radius 2 is 1.80 bits per heavy atom. The molecule has 1 N–H and O–H groups in total. The van der Waals surface area contributed by atoms with Crippen molar-refractivity contribution in [3.8, 4) is 5.75 Å². The molecule has 5 heteroatoms. The van der Waals surface area contributed by atoms with Gasteiger partial charge in [0.15, 0.2) is 0 Å². The van der Waals surface area contributed by atoms with Gasteiger partial charge in [-0.25, -0.2) is 0 Å². The molecule has 0 unspecified atom stereocenters. The number of amides is 2. The van der Waals surface area contributed by atoms with Crippen LogP contribution in [0.5, 0.6) is 5.75 Å². The first-order valence-corrected chi connectivity index (χ1v) is 8.45. The van der Waals surface area contributed by atoms with Crippen LogP contribution in [0.1, 0.15) is 16.7 Å². The number of methoxy groups -OCH3 is 1. The quantitative estimate of drug-likeness (QED) is 0.867. The molecule has 130 valence electrons. The zero-order valence-corrected chi connectivity index (χ0v) is 14.3. The average Bonchev–Trinajstić information content (AvgIpc) is 2.67. The highest BCUT2D eigenvalue weighted by Gasteiger charge is 2.25. The molecule has 1 heterocycles. The van der Waals surface area contributed by atoms with Crippen molar-refractivity contribution in [2.45, 2.75) is 19.4 Å². The SMILES string of the molecule is COc1ccccc1CCNC(=O)C(=O)N1CCc2ccccc2C1. The molecule has 0 atom stereocenters. The molecule has 0 aromatic heterocycles. The Bertz CT molecular complexity index is 773. The first-order chi connectivity index (χ1) is 12.2. The summed E-state index contributed by atoms with van der Waals surface area (Å²) in [4.78, 5) is 26.1. The molecule has 2 aromatic rings. The van der Waals surface area contributed by atoms with Crippen molar-refractivity contribution >= 4 is 11.8 Å². The number of nitrogens with one attached hydrogen (secondary N) is 1. The third-order valence-electron chi connectivity index (χ3n) is 4.48. The Hall–Kier alpha value is -2.82. The number of hydrogen-bond acceptors (Lipinski definition) is 3. The van der Waals surface area contributed by atoms with Gasteiger partial charge in [-0.1, -0.05) is 42.5 Å². The lowest BCUT2D eigenvalue weighted by Gasteiger charge is -2.28. The number of hydrogen-bond donors (Lipinski definition) is 1. The molecular weight excluding hydrogens is 316 g/mol. The number of ether oxygens (including phenoxy) is 1. The summed E-state index contributed by atoms with van der Waals surface area (Å²) in [6, 6.07) is 15.7. The highest BCUT2D eigenvalue weighted by Crippen LogP contribution is 2.19. The zero-order chi connectivity index (χ0) is 17.6. The van der Waals surface area contributed by atoms with Crippen LogP contribution in [0.3, 0.4) is 0 Å². The van der Waals surface area contributed by atoms with E-state index in [1.807, 2.05) is 42.5 Å². The molecule has 5 nitrogen and oxygen atoms in total. The highest BCUT2D eigenvalue weighted by molar-refractivity contribution is 6.35. The monoisotopic (exact) mass is 338 g/mol. The van der Waals surface area contributed by atoms with E-state index in [4.69, 9.17) is 4.74 Å². The van der Waals surface area contributed by atoms with Crippen LogP contribution in [0.2, 0.25) is 0 Å². The summed E-state index contributed by atoms with van der Waals surface area (Å²) in [6.07, 6.45) is 1.41. The van der Waals surface area contributed by atoms with E-state index in [1.165, 1.54) is 5.56 Å². The molecule has 0 saturated carbocycles. The molecular formula is C20H22N2O3. The summed E-state index contributed by atoms with van der Waals surface area (Å²) in [5.41, 5.74) is 3.37. The van der Waals surface area contributed by atoms with Gasteiger partial charge in [-0.05, 0) is 35.6 Å². The van der Waals surface area contributed by atoms with Gasteiger partial charge >= 0.3 is 11.8 Å². The van der Waals surface area contributed by atoms with Crippen molar-refractivity contribution in [2.24, 2.45) is 0 Å². The Morgan fingerprint density at radius 1 is 1.08 bits per heavy atom. The van der Waals surface area contributed by atoms with Gasteiger partial charge in [0.2, 0.25) is 0 Å². The van der Waals surface area contributed by atoms with Crippen LogP contribution in [0, 0.1) is 0 Å². The topological polar surface area (TPSA) is 58.6 Å². The Kier molecular flexibility index (Phi) is 5.33. The predicted molar refractivity (Wildman–Crippen MR) is 95.3 cm³/mol. The molecule has 0 aliphatic carbocycles. The Balaban J connectivity index is 1.52. The van der Waals surface area contributed by atoms with E-state index in [2.05, 4.69) is 11.4 Å². The molecule has 2 amide bonds. The van der Waals surface area contributed by atoms with E-state index in [0.717, 1.165) is 23.3 Å². The smallest absolute Gasteiger partial charge is 0.312 e. The maximum absolute atomic E-state index is 12.4. The summed E-state index contributed by atoms with van der Waals surface area (Å²) in [5.74, 6) is -0.223. The minimum Gasteiger partial charge on any atom is -0.496 e. The normalized spacial score (nSPS) is 13.1. The second-order valence-electron chi connectivity index (χ2n) is 6.06. The molecule has 0 bridgehead atoms. The van der Waals surface area contributed by atoms with E-state index in [-0.39, 0.29) is 0 Å². The van der Waals surface area contributed by atoms with Crippen molar-refractivity contribution in [3.05, 3.63) is 65.2 Å². The van der Waals surface area contributed by atoms with Gasteiger partial charge in [-0.3, -0.25) is 9.59 Å². The lowest BCUT2D eigenvalue weighted by atomic mass is 10.00. The van der Waals surface area contributed by atoms with Crippen molar-refractivity contribution in [1.82, 2.24) is 10.2 Å². The van der Waals surface area contributed by atoms with Crippen LogP contribution in [0.15, 0.2) is 48.5 Å². The van der Waals surface area contributed by atoms with Crippen molar-refractivity contribution in [2.75, 3.05) is 20.2 Å². The fraction of sp³-hybridized carbons (Fsp3) is 0.300. The van der Waals surface area contributed by atoms with Gasteiger partial charge < -0.3 is 15.0 Å². The number of rotatable bonds is 4. The number of carbonyl (C=O) groups excluding carboxylic acids is 2. The molecule has 0 fully saturated rings. The summed E-state index contributed by atoms with van der Waals surface area (Å²) in [5, 5.41) is 2.72. The summed E-state index contributed by atoms with van der Waals surface area (Å²) < 4.78 is 5.29. The lowest BCUT2D eigenvalue weighted by molar-refractivity contribution is -0.146. The molecule has 0 spiro atoms. The van der Waals surface area contributed by atoms with Gasteiger partial charge in [-0.2, -0.15) is 0 Å². The minimum absolute atomic E-state index is 0.398. The van der Waals surface area contributed by atoms with Crippen LogP contribution in [-0.4, -0.2) is 36.9 Å². The zero-order valence-electron chi connectivity index (χ0n) is 14.3. The third-order valence-corrected chi connectivity index (χ3v) is 4.48. The van der Waals surface area contributed by atoms with Gasteiger partial charge in [-0.15, -0.1) is 0 Å². The molecule has 25 heavy (non-hydrogen) atoms.